The second kappa shape index (κ2) is 1.34. The first-order valence-corrected chi connectivity index (χ1v) is 10.4. The van der Waals surface area contributed by atoms with Gasteiger partial charge in [-0.05, 0) is 0 Å². The van der Waals surface area contributed by atoms with Crippen LogP contribution in [0, 0.1) is 0 Å². The Balaban J connectivity index is 3.02. The molecule has 0 aromatic heterocycles. The fourth-order valence-corrected chi connectivity index (χ4v) is 0. The maximum atomic E-state index is 2.38. The van der Waals surface area contributed by atoms with Gasteiger partial charge in [-0.2, -0.15) is 0 Å². The molecule has 0 fully saturated rings. The SMILES string of the molecule is C[AsH](C)(C)C. The topological polar surface area (TPSA) is 0 Å². The van der Waals surface area contributed by atoms with E-state index in [9.17, 15) is 0 Å². The van der Waals surface area contributed by atoms with Crippen molar-refractivity contribution in [2.45, 2.75) is 22.8 Å². The summed E-state index contributed by atoms with van der Waals surface area (Å²) in [6, 6.07) is 0. The van der Waals surface area contributed by atoms with Crippen molar-refractivity contribution in [3.8, 4) is 0 Å². The molecule has 0 radical (unpaired) electrons. The fourth-order valence-electron chi connectivity index (χ4n) is 0. The molecule has 0 saturated carbocycles. The van der Waals surface area contributed by atoms with E-state index < -0.39 is 13.6 Å². The summed E-state index contributed by atoms with van der Waals surface area (Å²) in [7, 11) is 0. The van der Waals surface area contributed by atoms with Gasteiger partial charge < -0.3 is 0 Å². The van der Waals surface area contributed by atoms with E-state index in [1.54, 1.807) is 0 Å². The summed E-state index contributed by atoms with van der Waals surface area (Å²) in [5, 5.41) is 0. The first kappa shape index (κ1) is 5.56. The summed E-state index contributed by atoms with van der Waals surface area (Å²) in [6.07, 6.45) is 0. The summed E-state index contributed by atoms with van der Waals surface area (Å²) >= 11 is -1.00. The zero-order valence-electron chi connectivity index (χ0n) is 4.50. The third kappa shape index (κ3) is 95.7. The van der Waals surface area contributed by atoms with Crippen LogP contribution in [0.2, 0.25) is 22.8 Å². The van der Waals surface area contributed by atoms with Crippen LogP contribution in [0.1, 0.15) is 0 Å². The Labute approximate surface area is 37.0 Å². The zero-order chi connectivity index (χ0) is 4.50. The van der Waals surface area contributed by atoms with Gasteiger partial charge in [0.05, 0.1) is 0 Å². The molecule has 0 amide bonds. The maximum absolute atomic E-state index is 2.38. The molecule has 0 aliphatic carbocycles. The Kier molecular flexibility index (Phi) is 1.49. The predicted octanol–water partition coefficient (Wildman–Crippen LogP) is 1.69. The Hall–Kier alpha value is 0.558. The van der Waals surface area contributed by atoms with Gasteiger partial charge in [0.2, 0.25) is 0 Å². The molecule has 0 aliphatic rings. The Morgan fingerprint density at radius 3 is 0.800 bits per heavy atom. The molecule has 5 heavy (non-hydrogen) atoms. The van der Waals surface area contributed by atoms with E-state index in [1.807, 2.05) is 0 Å². The monoisotopic (exact) mass is 136 g/mol. The van der Waals surface area contributed by atoms with E-state index in [0.29, 0.717) is 0 Å². The average Bonchev–Trinajstić information content (AvgIpc) is 0.722. The fraction of sp³-hybridized carbons (Fsp3) is 1.00. The van der Waals surface area contributed by atoms with Gasteiger partial charge in [-0.3, -0.25) is 0 Å². The van der Waals surface area contributed by atoms with Crippen molar-refractivity contribution < 1.29 is 0 Å². The minimum atomic E-state index is -1.00. The first-order valence-electron chi connectivity index (χ1n) is 2.00. The van der Waals surface area contributed by atoms with Crippen molar-refractivity contribution in [2.75, 3.05) is 0 Å². The molecule has 0 saturated heterocycles. The molecule has 1 heteroatoms. The third-order valence-corrected chi connectivity index (χ3v) is 0. The van der Waals surface area contributed by atoms with E-state index in [-0.39, 0.29) is 0 Å². The van der Waals surface area contributed by atoms with Crippen molar-refractivity contribution in [1.82, 2.24) is 0 Å². The number of rotatable bonds is 0. The zero-order valence-corrected chi connectivity index (χ0v) is 6.60. The van der Waals surface area contributed by atoms with Gasteiger partial charge in [-0.15, -0.1) is 0 Å². The molecule has 0 heterocycles. The van der Waals surface area contributed by atoms with Crippen LogP contribution < -0.4 is 0 Å². The molecule has 0 unspecified atom stereocenters. The Morgan fingerprint density at radius 1 is 0.800 bits per heavy atom. The van der Waals surface area contributed by atoms with Crippen molar-refractivity contribution in [1.29, 1.82) is 0 Å². The van der Waals surface area contributed by atoms with Crippen LogP contribution in [0.25, 0.3) is 0 Å². The van der Waals surface area contributed by atoms with Crippen LogP contribution in [-0.4, -0.2) is 13.6 Å². The van der Waals surface area contributed by atoms with Crippen LogP contribution in [0.3, 0.4) is 0 Å². The van der Waals surface area contributed by atoms with Gasteiger partial charge in [-0.25, -0.2) is 0 Å². The van der Waals surface area contributed by atoms with Gasteiger partial charge in [0.15, 0.2) is 0 Å². The molecule has 0 aromatic rings. The summed E-state index contributed by atoms with van der Waals surface area (Å²) in [5.74, 6) is 0. The number of hydrogen-bond acceptors (Lipinski definition) is 0. The van der Waals surface area contributed by atoms with Gasteiger partial charge in [0.25, 0.3) is 0 Å². The van der Waals surface area contributed by atoms with Gasteiger partial charge >= 0.3 is 36.4 Å². The van der Waals surface area contributed by atoms with Crippen molar-refractivity contribution >= 4 is 13.6 Å². The molecule has 0 aromatic carbocycles. The van der Waals surface area contributed by atoms with Gasteiger partial charge in [0, 0.05) is 0 Å². The molecule has 34 valence electrons. The normalized spacial score (nSPS) is 15.2. The first-order chi connectivity index (χ1) is 2.00. The second-order valence-electron chi connectivity index (χ2n) is 3.00. The van der Waals surface area contributed by atoms with E-state index in [4.69, 9.17) is 0 Å². The number of hydrogen-bond donors (Lipinski definition) is 0. The van der Waals surface area contributed by atoms with Crippen LogP contribution >= 0.6 is 0 Å². The Bertz CT molecular complexity index is 19.1. The van der Waals surface area contributed by atoms with Crippen molar-refractivity contribution in [3.05, 3.63) is 0 Å². The molecule has 0 N–H and O–H groups in total. The summed E-state index contributed by atoms with van der Waals surface area (Å²) in [5.41, 5.74) is 9.50. The van der Waals surface area contributed by atoms with Crippen molar-refractivity contribution in [3.63, 3.8) is 0 Å². The quantitative estimate of drug-likeness (QED) is 0.444. The van der Waals surface area contributed by atoms with E-state index in [2.05, 4.69) is 22.8 Å². The Morgan fingerprint density at radius 2 is 0.800 bits per heavy atom. The summed E-state index contributed by atoms with van der Waals surface area (Å²) in [6.45, 7) is 0. The van der Waals surface area contributed by atoms with Crippen LogP contribution in [0.5, 0.6) is 0 Å². The predicted molar refractivity (Wildman–Crippen MR) is 30.6 cm³/mol. The third-order valence-electron chi connectivity index (χ3n) is 0. The van der Waals surface area contributed by atoms with E-state index in [0.717, 1.165) is 0 Å². The average molecular weight is 136 g/mol. The summed E-state index contributed by atoms with van der Waals surface area (Å²) in [4.78, 5) is 0. The molecule has 0 aliphatic heterocycles. The van der Waals surface area contributed by atoms with Crippen molar-refractivity contribution in [2.24, 2.45) is 0 Å². The van der Waals surface area contributed by atoms with Gasteiger partial charge in [0.1, 0.15) is 0 Å². The van der Waals surface area contributed by atoms with E-state index in [1.165, 1.54) is 0 Å². The molecular formula is C4H13As. The van der Waals surface area contributed by atoms with Gasteiger partial charge in [-0.1, -0.05) is 0 Å². The standard InChI is InChI=1S/C4H13As/c1-5(2,3)4/h5H,1-4H3. The molecule has 0 atom stereocenters. The van der Waals surface area contributed by atoms with Crippen LogP contribution in [0.15, 0.2) is 0 Å². The molecular weight excluding hydrogens is 123 g/mol. The minimum absolute atomic E-state index is 1.00. The molecule has 0 rings (SSSR count). The van der Waals surface area contributed by atoms with Crippen LogP contribution in [0.4, 0.5) is 0 Å². The molecule has 0 bridgehead atoms. The molecule has 0 nitrogen and oxygen atoms in total. The summed E-state index contributed by atoms with van der Waals surface area (Å²) < 4.78 is 0. The second-order valence-corrected chi connectivity index (χ2v) is 15.6. The van der Waals surface area contributed by atoms with Crippen LogP contribution in [-0.2, 0) is 0 Å². The van der Waals surface area contributed by atoms with E-state index >= 15 is 0 Å². The molecule has 0 spiro atoms.